The predicted molar refractivity (Wildman–Crippen MR) is 158 cm³/mol. The second-order valence-corrected chi connectivity index (χ2v) is 13.6. The van der Waals surface area contributed by atoms with Crippen LogP contribution in [0.3, 0.4) is 0 Å². The third-order valence-corrected chi connectivity index (χ3v) is 9.53. The van der Waals surface area contributed by atoms with Gasteiger partial charge in [0.1, 0.15) is 24.4 Å². The smallest absolute Gasteiger partial charge is 0.471 e. The maximum atomic E-state index is 14.0. The van der Waals surface area contributed by atoms with Gasteiger partial charge in [0.05, 0.1) is 6.04 Å². The number of carbonyl (C=O) groups excluding carboxylic acids is 5. The third kappa shape index (κ3) is 7.44. The Morgan fingerprint density at radius 1 is 1.11 bits per heavy atom. The van der Waals surface area contributed by atoms with Gasteiger partial charge in [-0.3, -0.25) is 24.0 Å². The van der Waals surface area contributed by atoms with Crippen LogP contribution in [0.5, 0.6) is 5.75 Å². The number of ketones is 1. The Morgan fingerprint density at radius 3 is 2.38 bits per heavy atom. The summed E-state index contributed by atoms with van der Waals surface area (Å²) in [6.07, 6.45) is -4.67. The number of alkyl halides is 3. The van der Waals surface area contributed by atoms with Gasteiger partial charge in [-0.25, -0.2) is 0 Å². The van der Waals surface area contributed by atoms with Gasteiger partial charge in [-0.15, -0.1) is 0 Å². The van der Waals surface area contributed by atoms with Crippen molar-refractivity contribution >= 4 is 29.4 Å². The normalized spacial score (nSPS) is 25.0. The van der Waals surface area contributed by atoms with Crippen LogP contribution in [0.25, 0.3) is 0 Å². The Hall–Kier alpha value is -3.64. The largest absolute Gasteiger partial charge is 0.486 e. The zero-order valence-electron chi connectivity index (χ0n) is 26.5. The van der Waals surface area contributed by atoms with Crippen LogP contribution in [0.2, 0.25) is 0 Å². The van der Waals surface area contributed by atoms with Crippen molar-refractivity contribution in [3.8, 4) is 5.75 Å². The molecule has 3 fully saturated rings. The van der Waals surface area contributed by atoms with Gasteiger partial charge < -0.3 is 25.6 Å². The standard InChI is InChI=1S/C32H43F3N4O6/c1-16(2)18-8-7-9-20(12-18)45-15-23(40)22(13-19-10-11-36-27(19)41)37-28(42)26-24-21(31(24,5)6)14-39(26)29(43)25(17(3)4)38-30(44)32(33,34)35/h7-9,12,16-17,19,21-22,24-26H,10-11,13-15H2,1-6H3,(H,36,41)(H,37,42)(H,38,44)/t19-,21-,22-,24-,25-,26-/m0/s1. The summed E-state index contributed by atoms with van der Waals surface area (Å²) in [6.45, 7) is 11.2. The monoisotopic (exact) mass is 636 g/mol. The minimum Gasteiger partial charge on any atom is -0.486 e. The van der Waals surface area contributed by atoms with Crippen LogP contribution < -0.4 is 20.7 Å². The van der Waals surface area contributed by atoms with Gasteiger partial charge in [0.15, 0.2) is 5.78 Å². The van der Waals surface area contributed by atoms with E-state index in [4.69, 9.17) is 4.74 Å². The van der Waals surface area contributed by atoms with Crippen LogP contribution in [-0.2, 0) is 24.0 Å². The molecular formula is C32H43F3N4O6. The first-order chi connectivity index (χ1) is 20.9. The van der Waals surface area contributed by atoms with Crippen LogP contribution in [-0.4, -0.2) is 78.3 Å². The summed E-state index contributed by atoms with van der Waals surface area (Å²) in [5.74, 6) is -5.23. The van der Waals surface area contributed by atoms with Crippen LogP contribution in [0, 0.1) is 29.1 Å². The van der Waals surface area contributed by atoms with Gasteiger partial charge in [0, 0.05) is 19.0 Å². The van der Waals surface area contributed by atoms with E-state index in [1.807, 2.05) is 45.9 Å². The molecule has 0 spiro atoms. The molecule has 1 saturated carbocycles. The SMILES string of the molecule is CC(C)c1cccc(OCC(=O)[C@H](C[C@@H]2CCNC2=O)NC(=O)[C@@H]2[C@@H]3[C@H](CN2C(=O)[C@@H](NC(=O)C(F)(F)F)C(C)C)C3(C)C)c1. The Morgan fingerprint density at radius 2 is 1.80 bits per heavy atom. The summed E-state index contributed by atoms with van der Waals surface area (Å²) < 4.78 is 45.0. The van der Waals surface area contributed by atoms with Gasteiger partial charge in [-0.1, -0.05) is 53.7 Å². The van der Waals surface area contributed by atoms with E-state index < -0.39 is 59.6 Å². The summed E-state index contributed by atoms with van der Waals surface area (Å²) in [5, 5.41) is 7.30. The van der Waals surface area contributed by atoms with Gasteiger partial charge in [-0.2, -0.15) is 13.2 Å². The number of nitrogens with zero attached hydrogens (tertiary/aromatic N) is 1. The van der Waals surface area contributed by atoms with E-state index in [-0.39, 0.29) is 48.6 Å². The van der Waals surface area contributed by atoms with E-state index in [9.17, 15) is 37.1 Å². The summed E-state index contributed by atoms with van der Waals surface area (Å²) in [6, 6.07) is 3.62. The fourth-order valence-corrected chi connectivity index (χ4v) is 6.63. The molecule has 0 aromatic heterocycles. The first kappa shape index (κ1) is 34.2. The number of benzene rings is 1. The van der Waals surface area contributed by atoms with E-state index in [0.717, 1.165) is 5.56 Å². The summed E-state index contributed by atoms with van der Waals surface area (Å²) in [7, 11) is 0. The minimum atomic E-state index is -5.18. The molecule has 1 aromatic rings. The highest BCUT2D eigenvalue weighted by Crippen LogP contribution is 2.65. The Kier molecular flexibility index (Phi) is 9.89. The van der Waals surface area contributed by atoms with Crippen molar-refractivity contribution in [3.05, 3.63) is 29.8 Å². The maximum absolute atomic E-state index is 14.0. The molecular weight excluding hydrogens is 593 g/mol. The number of hydrogen-bond acceptors (Lipinski definition) is 6. The second kappa shape index (κ2) is 13.0. The first-order valence-corrected chi connectivity index (χ1v) is 15.4. The lowest BCUT2D eigenvalue weighted by atomic mass is 9.94. The lowest BCUT2D eigenvalue weighted by Gasteiger charge is -2.35. The summed E-state index contributed by atoms with van der Waals surface area (Å²) >= 11 is 0. The Labute approximate surface area is 261 Å². The molecule has 0 radical (unpaired) electrons. The quantitative estimate of drug-likeness (QED) is 0.323. The second-order valence-electron chi connectivity index (χ2n) is 13.6. The van der Waals surface area contributed by atoms with Crippen molar-refractivity contribution in [2.45, 2.75) is 84.6 Å². The fraction of sp³-hybridized carbons (Fsp3) is 0.656. The molecule has 2 aliphatic heterocycles. The number of Topliss-reactive ketones (excluding diaryl/α,β-unsaturated/α-hetero) is 1. The van der Waals surface area contributed by atoms with E-state index in [0.29, 0.717) is 18.7 Å². The van der Waals surface area contributed by atoms with Gasteiger partial charge in [0.2, 0.25) is 17.7 Å². The lowest BCUT2D eigenvalue weighted by molar-refractivity contribution is -0.175. The molecule has 10 nitrogen and oxygen atoms in total. The van der Waals surface area contributed by atoms with Gasteiger partial charge >= 0.3 is 12.1 Å². The zero-order chi connectivity index (χ0) is 33.4. The van der Waals surface area contributed by atoms with Crippen LogP contribution >= 0.6 is 0 Å². The Balaban J connectivity index is 1.54. The zero-order valence-corrected chi connectivity index (χ0v) is 26.5. The molecule has 1 aromatic carbocycles. The average molecular weight is 637 g/mol. The highest BCUT2D eigenvalue weighted by Gasteiger charge is 2.69. The number of ether oxygens (including phenoxy) is 1. The van der Waals surface area contributed by atoms with E-state index in [1.54, 1.807) is 11.4 Å². The molecule has 3 N–H and O–H groups in total. The molecule has 45 heavy (non-hydrogen) atoms. The average Bonchev–Trinajstić information content (AvgIpc) is 3.30. The van der Waals surface area contributed by atoms with Crippen molar-refractivity contribution in [1.82, 2.24) is 20.9 Å². The molecule has 2 heterocycles. The van der Waals surface area contributed by atoms with Crippen LogP contribution in [0.4, 0.5) is 13.2 Å². The minimum absolute atomic E-state index is 0.0280. The van der Waals surface area contributed by atoms with Crippen LogP contribution in [0.1, 0.15) is 65.9 Å². The molecule has 3 aliphatic rings. The van der Waals surface area contributed by atoms with E-state index in [1.165, 1.54) is 18.7 Å². The topological polar surface area (TPSA) is 134 Å². The molecule has 4 amide bonds. The van der Waals surface area contributed by atoms with Crippen molar-refractivity contribution in [2.75, 3.05) is 19.7 Å². The number of hydrogen-bond donors (Lipinski definition) is 3. The Bertz CT molecular complexity index is 1330. The number of carbonyl (C=O) groups is 5. The summed E-state index contributed by atoms with van der Waals surface area (Å²) in [5.41, 5.74) is 0.697. The molecule has 2 saturated heterocycles. The predicted octanol–water partition coefficient (Wildman–Crippen LogP) is 2.96. The number of fused-ring (bicyclic) bond motifs is 1. The number of halogens is 3. The first-order valence-electron chi connectivity index (χ1n) is 15.4. The lowest BCUT2D eigenvalue weighted by Crippen LogP contribution is -2.59. The highest BCUT2D eigenvalue weighted by atomic mass is 19.4. The highest BCUT2D eigenvalue weighted by molar-refractivity contribution is 5.97. The molecule has 6 atom stereocenters. The molecule has 248 valence electrons. The fourth-order valence-electron chi connectivity index (χ4n) is 6.63. The maximum Gasteiger partial charge on any atom is 0.471 e. The molecule has 1 aliphatic carbocycles. The number of rotatable bonds is 12. The molecule has 0 unspecified atom stereocenters. The number of likely N-dealkylation sites (tertiary alicyclic amines) is 1. The van der Waals surface area contributed by atoms with Crippen molar-refractivity contribution < 1.29 is 41.9 Å². The number of nitrogens with one attached hydrogen (secondary N) is 3. The number of amides is 4. The van der Waals surface area contributed by atoms with Crippen molar-refractivity contribution in [2.24, 2.45) is 29.1 Å². The van der Waals surface area contributed by atoms with Gasteiger partial charge in [0.25, 0.3) is 0 Å². The van der Waals surface area contributed by atoms with Gasteiger partial charge in [-0.05, 0) is 59.6 Å². The van der Waals surface area contributed by atoms with Crippen molar-refractivity contribution in [1.29, 1.82) is 0 Å². The molecule has 13 heteroatoms. The van der Waals surface area contributed by atoms with Crippen molar-refractivity contribution in [3.63, 3.8) is 0 Å². The third-order valence-electron chi connectivity index (χ3n) is 9.53. The van der Waals surface area contributed by atoms with E-state index >= 15 is 0 Å². The van der Waals surface area contributed by atoms with Crippen LogP contribution in [0.15, 0.2) is 24.3 Å². The van der Waals surface area contributed by atoms with E-state index in [2.05, 4.69) is 10.6 Å². The molecule has 4 rings (SSSR count). The molecule has 0 bridgehead atoms. The number of piperidine rings is 1. The summed E-state index contributed by atoms with van der Waals surface area (Å²) in [4.78, 5) is 66.5.